The number of nitriles is 1. The maximum Gasteiger partial charge on any atom is 0.419 e. The zero-order valence-corrected chi connectivity index (χ0v) is 5.63. The molecule has 1 aromatic rings. The number of hydrogen-bond acceptors (Lipinski definition) is 3. The number of aromatic nitrogens is 2. The fraction of sp³-hybridized carbons (Fsp3) is 0.167. The molecule has 0 radical (unpaired) electrons. The molecule has 6 heteroatoms. The maximum absolute atomic E-state index is 11.9. The molecule has 0 spiro atoms. The third-order valence-electron chi connectivity index (χ3n) is 1.08. The van der Waals surface area contributed by atoms with Gasteiger partial charge >= 0.3 is 6.18 Å². The van der Waals surface area contributed by atoms with E-state index in [0.717, 1.165) is 0 Å². The standard InChI is InChI=1S/C6H2F3N3/c7-6(8,9)4-2-11-5(1-10)12-3-4/h2-3H. The number of halogens is 3. The van der Waals surface area contributed by atoms with Gasteiger partial charge in [0.15, 0.2) is 0 Å². The van der Waals surface area contributed by atoms with E-state index in [1.807, 2.05) is 0 Å². The van der Waals surface area contributed by atoms with Gasteiger partial charge in [0.05, 0.1) is 5.56 Å². The first kappa shape index (κ1) is 8.46. The van der Waals surface area contributed by atoms with Crippen LogP contribution in [-0.4, -0.2) is 9.97 Å². The Balaban J connectivity index is 3.02. The Labute approximate surface area is 65.5 Å². The molecule has 1 aromatic heterocycles. The second-order valence-electron chi connectivity index (χ2n) is 1.90. The van der Waals surface area contributed by atoms with Crippen LogP contribution in [0.25, 0.3) is 0 Å². The van der Waals surface area contributed by atoms with E-state index < -0.39 is 11.7 Å². The fourth-order valence-electron chi connectivity index (χ4n) is 0.532. The summed E-state index contributed by atoms with van der Waals surface area (Å²) in [6.45, 7) is 0. The Hall–Kier alpha value is -1.64. The molecule has 1 heterocycles. The van der Waals surface area contributed by atoms with E-state index in [0.29, 0.717) is 12.4 Å². The van der Waals surface area contributed by atoms with E-state index in [-0.39, 0.29) is 5.82 Å². The highest BCUT2D eigenvalue weighted by molar-refractivity contribution is 5.15. The first-order chi connectivity index (χ1) is 5.54. The quantitative estimate of drug-likeness (QED) is 0.595. The van der Waals surface area contributed by atoms with Gasteiger partial charge in [0.25, 0.3) is 0 Å². The molecule has 0 saturated heterocycles. The molecular formula is C6H2F3N3. The van der Waals surface area contributed by atoms with Crippen LogP contribution >= 0.6 is 0 Å². The summed E-state index contributed by atoms with van der Waals surface area (Å²) in [4.78, 5) is 6.34. The number of alkyl halides is 3. The lowest BCUT2D eigenvalue weighted by atomic mass is 10.3. The van der Waals surface area contributed by atoms with E-state index in [1.165, 1.54) is 6.07 Å². The highest BCUT2D eigenvalue weighted by Gasteiger charge is 2.31. The van der Waals surface area contributed by atoms with Crippen molar-refractivity contribution in [2.45, 2.75) is 6.18 Å². The van der Waals surface area contributed by atoms with Crippen molar-refractivity contribution in [3.8, 4) is 6.07 Å². The van der Waals surface area contributed by atoms with Gasteiger partial charge in [-0.15, -0.1) is 0 Å². The molecule has 3 nitrogen and oxygen atoms in total. The van der Waals surface area contributed by atoms with E-state index >= 15 is 0 Å². The van der Waals surface area contributed by atoms with Crippen molar-refractivity contribution >= 4 is 0 Å². The minimum Gasteiger partial charge on any atom is -0.227 e. The Morgan fingerprint density at radius 3 is 2.08 bits per heavy atom. The number of hydrogen-bond donors (Lipinski definition) is 0. The predicted molar refractivity (Wildman–Crippen MR) is 31.7 cm³/mol. The molecular weight excluding hydrogens is 171 g/mol. The molecule has 62 valence electrons. The van der Waals surface area contributed by atoms with Crippen molar-refractivity contribution in [2.24, 2.45) is 0 Å². The topological polar surface area (TPSA) is 49.6 Å². The van der Waals surface area contributed by atoms with Crippen molar-refractivity contribution in [3.63, 3.8) is 0 Å². The molecule has 0 bridgehead atoms. The average molecular weight is 173 g/mol. The lowest BCUT2D eigenvalue weighted by Gasteiger charge is -2.03. The lowest BCUT2D eigenvalue weighted by molar-refractivity contribution is -0.138. The van der Waals surface area contributed by atoms with Gasteiger partial charge in [0, 0.05) is 12.4 Å². The van der Waals surface area contributed by atoms with E-state index in [1.54, 1.807) is 0 Å². The molecule has 0 N–H and O–H groups in total. The van der Waals surface area contributed by atoms with Crippen LogP contribution in [0.2, 0.25) is 0 Å². The normalized spacial score (nSPS) is 10.8. The van der Waals surface area contributed by atoms with Gasteiger partial charge in [-0.05, 0) is 0 Å². The molecule has 12 heavy (non-hydrogen) atoms. The number of nitrogens with zero attached hydrogens (tertiary/aromatic N) is 3. The van der Waals surface area contributed by atoms with Gasteiger partial charge in [-0.25, -0.2) is 9.97 Å². The van der Waals surface area contributed by atoms with E-state index in [4.69, 9.17) is 5.26 Å². The molecule has 0 aliphatic rings. The van der Waals surface area contributed by atoms with Crippen LogP contribution in [0.5, 0.6) is 0 Å². The predicted octanol–water partition coefficient (Wildman–Crippen LogP) is 1.37. The first-order valence-corrected chi connectivity index (χ1v) is 2.83. The summed E-state index contributed by atoms with van der Waals surface area (Å²) in [7, 11) is 0. The largest absolute Gasteiger partial charge is 0.419 e. The van der Waals surface area contributed by atoms with Gasteiger partial charge in [-0.2, -0.15) is 18.4 Å². The van der Waals surface area contributed by atoms with Crippen molar-refractivity contribution < 1.29 is 13.2 Å². The third-order valence-corrected chi connectivity index (χ3v) is 1.08. The number of rotatable bonds is 0. The Morgan fingerprint density at radius 2 is 1.75 bits per heavy atom. The summed E-state index contributed by atoms with van der Waals surface area (Å²) < 4.78 is 35.6. The molecule has 0 unspecified atom stereocenters. The molecule has 0 amide bonds. The minimum atomic E-state index is -4.45. The van der Waals surface area contributed by atoms with Crippen molar-refractivity contribution in [2.75, 3.05) is 0 Å². The van der Waals surface area contributed by atoms with Crippen LogP contribution in [0.4, 0.5) is 13.2 Å². The summed E-state index contributed by atoms with van der Waals surface area (Å²) in [6.07, 6.45) is -3.30. The van der Waals surface area contributed by atoms with Gasteiger partial charge in [0.1, 0.15) is 6.07 Å². The van der Waals surface area contributed by atoms with Gasteiger partial charge in [-0.1, -0.05) is 0 Å². The highest BCUT2D eigenvalue weighted by atomic mass is 19.4. The monoisotopic (exact) mass is 173 g/mol. The first-order valence-electron chi connectivity index (χ1n) is 2.83. The van der Waals surface area contributed by atoms with Crippen molar-refractivity contribution in [3.05, 3.63) is 23.8 Å². The van der Waals surface area contributed by atoms with Crippen LogP contribution in [-0.2, 0) is 6.18 Å². The maximum atomic E-state index is 11.9. The molecule has 0 saturated carbocycles. The summed E-state index contributed by atoms with van der Waals surface area (Å²) in [5.74, 6) is -0.275. The summed E-state index contributed by atoms with van der Waals surface area (Å²) in [6, 6.07) is 1.52. The van der Waals surface area contributed by atoms with Crippen LogP contribution in [0, 0.1) is 11.3 Å². The van der Waals surface area contributed by atoms with Crippen molar-refractivity contribution in [1.29, 1.82) is 5.26 Å². The molecule has 0 fully saturated rings. The van der Waals surface area contributed by atoms with Crippen LogP contribution < -0.4 is 0 Å². The lowest BCUT2D eigenvalue weighted by Crippen LogP contribution is -2.06. The fourth-order valence-corrected chi connectivity index (χ4v) is 0.532. The second kappa shape index (κ2) is 2.77. The molecule has 0 aliphatic carbocycles. The minimum absolute atomic E-state index is 0.275. The van der Waals surface area contributed by atoms with Crippen LogP contribution in [0.3, 0.4) is 0 Å². The average Bonchev–Trinajstić information content (AvgIpc) is 2.03. The SMILES string of the molecule is N#Cc1ncc(C(F)(F)F)cn1. The molecule has 0 aromatic carbocycles. The van der Waals surface area contributed by atoms with Gasteiger partial charge in [0.2, 0.25) is 5.82 Å². The summed E-state index contributed by atoms with van der Waals surface area (Å²) in [5, 5.41) is 8.18. The molecule has 0 aliphatic heterocycles. The van der Waals surface area contributed by atoms with E-state index in [2.05, 4.69) is 9.97 Å². The smallest absolute Gasteiger partial charge is 0.227 e. The third kappa shape index (κ3) is 1.69. The summed E-state index contributed by atoms with van der Waals surface area (Å²) >= 11 is 0. The Kier molecular flexibility index (Phi) is 1.95. The van der Waals surface area contributed by atoms with Crippen LogP contribution in [0.1, 0.15) is 11.4 Å². The molecule has 0 atom stereocenters. The summed E-state index contributed by atoms with van der Waals surface area (Å²) in [5.41, 5.74) is -0.957. The zero-order chi connectivity index (χ0) is 9.19. The highest BCUT2D eigenvalue weighted by Crippen LogP contribution is 2.27. The Bertz CT molecular complexity index is 308. The van der Waals surface area contributed by atoms with Crippen LogP contribution in [0.15, 0.2) is 12.4 Å². The van der Waals surface area contributed by atoms with E-state index in [9.17, 15) is 13.2 Å². The molecule has 1 rings (SSSR count). The van der Waals surface area contributed by atoms with Gasteiger partial charge in [-0.3, -0.25) is 0 Å². The second-order valence-corrected chi connectivity index (χ2v) is 1.90. The Morgan fingerprint density at radius 1 is 1.25 bits per heavy atom. The van der Waals surface area contributed by atoms with Gasteiger partial charge < -0.3 is 0 Å². The van der Waals surface area contributed by atoms with Crippen molar-refractivity contribution in [1.82, 2.24) is 9.97 Å². The zero-order valence-electron chi connectivity index (χ0n) is 5.63.